The zero-order valence-electron chi connectivity index (χ0n) is 25.1. The molecule has 0 radical (unpaired) electrons. The molecule has 0 aliphatic rings. The van der Waals surface area contributed by atoms with Gasteiger partial charge in [-0.05, 0) is 98.3 Å². The van der Waals surface area contributed by atoms with Crippen molar-refractivity contribution in [1.82, 2.24) is 0 Å². The molecule has 0 spiro atoms. The van der Waals surface area contributed by atoms with E-state index >= 15 is 0 Å². The lowest BCUT2D eigenvalue weighted by Crippen LogP contribution is -2.02. The van der Waals surface area contributed by atoms with Gasteiger partial charge in [0.2, 0.25) is 0 Å². The summed E-state index contributed by atoms with van der Waals surface area (Å²) in [6.07, 6.45) is 10.1. The third-order valence-electron chi connectivity index (χ3n) is 8.27. The molecule has 0 heterocycles. The zero-order chi connectivity index (χ0) is 29.9. The average Bonchev–Trinajstić information content (AvgIpc) is 3.04. The van der Waals surface area contributed by atoms with Crippen LogP contribution < -0.4 is 0 Å². The fourth-order valence-electron chi connectivity index (χ4n) is 6.18. The summed E-state index contributed by atoms with van der Waals surface area (Å²) in [7, 11) is 0. The van der Waals surface area contributed by atoms with Crippen LogP contribution in [-0.4, -0.2) is 5.71 Å². The predicted octanol–water partition coefficient (Wildman–Crippen LogP) is 11.7. The maximum atomic E-state index is 5.24. The second kappa shape index (κ2) is 11.9. The highest BCUT2D eigenvalue weighted by molar-refractivity contribution is 6.25. The molecular weight excluding hydrogens is 518 g/mol. The molecule has 43 heavy (non-hydrogen) atoms. The molecule has 0 fully saturated rings. The van der Waals surface area contributed by atoms with Crippen molar-refractivity contribution in [3.05, 3.63) is 175 Å². The lowest BCUT2D eigenvalue weighted by Gasteiger charge is -2.17. The van der Waals surface area contributed by atoms with E-state index in [1.807, 2.05) is 31.2 Å². The Morgan fingerprint density at radius 3 is 1.84 bits per heavy atom. The summed E-state index contributed by atoms with van der Waals surface area (Å²) in [6.45, 7) is 14.9. The van der Waals surface area contributed by atoms with Gasteiger partial charge in [0, 0.05) is 5.56 Å². The van der Waals surface area contributed by atoms with E-state index in [2.05, 4.69) is 136 Å². The molecule has 0 saturated carbocycles. The summed E-state index contributed by atoms with van der Waals surface area (Å²) in [5, 5.41) is 9.81. The Hall–Kier alpha value is -5.27. The summed E-state index contributed by atoms with van der Waals surface area (Å²) in [5.74, 6) is 0. The van der Waals surface area contributed by atoms with E-state index in [9.17, 15) is 0 Å². The van der Waals surface area contributed by atoms with Gasteiger partial charge in [-0.2, -0.15) is 0 Å². The second-order valence-electron chi connectivity index (χ2n) is 10.9. The number of rotatable bonds is 7. The topological polar surface area (TPSA) is 12.4 Å². The zero-order valence-corrected chi connectivity index (χ0v) is 25.1. The highest BCUT2D eigenvalue weighted by atomic mass is 14.8. The first-order valence-electron chi connectivity index (χ1n) is 14.7. The Labute approximate surface area is 254 Å². The van der Waals surface area contributed by atoms with Crippen LogP contribution >= 0.6 is 0 Å². The van der Waals surface area contributed by atoms with Gasteiger partial charge in [0.1, 0.15) is 0 Å². The number of hydrogen-bond acceptors (Lipinski definition) is 1. The van der Waals surface area contributed by atoms with E-state index in [1.54, 1.807) is 0 Å². The molecule has 6 aromatic rings. The summed E-state index contributed by atoms with van der Waals surface area (Å²) >= 11 is 0. The molecule has 1 heteroatoms. The fraction of sp³-hybridized carbons (Fsp3) is 0.0714. The molecule has 1 nitrogen and oxygen atoms in total. The number of aliphatic imine (C=N–C) groups is 1. The van der Waals surface area contributed by atoms with Crippen LogP contribution in [0.15, 0.2) is 163 Å². The molecular formula is C42H35N. The van der Waals surface area contributed by atoms with E-state index < -0.39 is 0 Å². The van der Waals surface area contributed by atoms with Crippen molar-refractivity contribution in [2.45, 2.75) is 20.8 Å². The molecule has 0 amide bonds. The number of fused-ring (bicyclic) bond motifs is 5. The van der Waals surface area contributed by atoms with E-state index in [-0.39, 0.29) is 0 Å². The SMILES string of the molecule is C=C/C(=C\C=C/C)C(=C)N=C(/C=C(\C)c1c2ccccc2c(C)c2ccccc12)c1cc2ccccc2c2ccccc12. The highest BCUT2D eigenvalue weighted by Crippen LogP contribution is 2.37. The third-order valence-corrected chi connectivity index (χ3v) is 8.27. The van der Waals surface area contributed by atoms with Crippen molar-refractivity contribution in [1.29, 1.82) is 0 Å². The summed E-state index contributed by atoms with van der Waals surface area (Å²) in [5.41, 5.74) is 7.18. The maximum Gasteiger partial charge on any atom is 0.0718 e. The molecule has 6 rings (SSSR count). The Kier molecular flexibility index (Phi) is 7.73. The number of aryl methyl sites for hydroxylation is 1. The average molecular weight is 554 g/mol. The molecule has 0 bridgehead atoms. The van der Waals surface area contributed by atoms with Gasteiger partial charge in [0.25, 0.3) is 0 Å². The molecule has 0 atom stereocenters. The lowest BCUT2D eigenvalue weighted by atomic mass is 9.88. The summed E-state index contributed by atoms with van der Waals surface area (Å²) in [6, 6.07) is 36.9. The molecule has 0 aromatic heterocycles. The van der Waals surface area contributed by atoms with Crippen molar-refractivity contribution in [3.8, 4) is 0 Å². The molecule has 0 unspecified atom stereocenters. The minimum absolute atomic E-state index is 0.669. The van der Waals surface area contributed by atoms with Crippen LogP contribution in [0.5, 0.6) is 0 Å². The third kappa shape index (κ3) is 5.15. The van der Waals surface area contributed by atoms with Gasteiger partial charge in [0.05, 0.1) is 11.4 Å². The quantitative estimate of drug-likeness (QED) is 0.0807. The highest BCUT2D eigenvalue weighted by Gasteiger charge is 2.16. The Morgan fingerprint density at radius 2 is 1.23 bits per heavy atom. The first kappa shape index (κ1) is 27.9. The largest absolute Gasteiger partial charge is 0.248 e. The smallest absolute Gasteiger partial charge is 0.0718 e. The maximum absolute atomic E-state index is 5.24. The van der Waals surface area contributed by atoms with Crippen molar-refractivity contribution >= 4 is 54.4 Å². The molecule has 0 N–H and O–H groups in total. The standard InChI is InChI=1S/C42H35N/c1-6-8-17-31(7-2)30(5)43-41(40-27-32-18-9-10-21-35(32)36-22-13-14-23-37(36)40)26-28(3)42-38-24-15-11-19-33(38)29(4)34-20-12-16-25-39(34)42/h6-27H,2,5H2,1,3-4H3/b8-6-,28-26+,31-17+,43-41?. The van der Waals surface area contributed by atoms with Gasteiger partial charge >= 0.3 is 0 Å². The molecule has 6 aromatic carbocycles. The van der Waals surface area contributed by atoms with E-state index in [1.165, 1.54) is 48.8 Å². The van der Waals surface area contributed by atoms with Crippen molar-refractivity contribution < 1.29 is 0 Å². The Bertz CT molecular complexity index is 2130. The monoisotopic (exact) mass is 553 g/mol. The Balaban J connectivity index is 1.68. The molecule has 0 saturated heterocycles. The van der Waals surface area contributed by atoms with Gasteiger partial charge in [-0.15, -0.1) is 0 Å². The first-order valence-corrected chi connectivity index (χ1v) is 14.7. The number of allylic oxidation sites excluding steroid dienone is 6. The van der Waals surface area contributed by atoms with Crippen LogP contribution in [0.3, 0.4) is 0 Å². The van der Waals surface area contributed by atoms with E-state index in [0.29, 0.717) is 5.70 Å². The van der Waals surface area contributed by atoms with Gasteiger partial charge in [-0.1, -0.05) is 135 Å². The fourth-order valence-corrected chi connectivity index (χ4v) is 6.18. The summed E-state index contributed by atoms with van der Waals surface area (Å²) < 4.78 is 0. The summed E-state index contributed by atoms with van der Waals surface area (Å²) in [4.78, 5) is 5.24. The van der Waals surface area contributed by atoms with Gasteiger partial charge in [-0.3, -0.25) is 0 Å². The van der Waals surface area contributed by atoms with Gasteiger partial charge < -0.3 is 0 Å². The van der Waals surface area contributed by atoms with Crippen LogP contribution in [-0.2, 0) is 0 Å². The van der Waals surface area contributed by atoms with Crippen molar-refractivity contribution in [3.63, 3.8) is 0 Å². The van der Waals surface area contributed by atoms with Crippen LogP contribution in [0, 0.1) is 6.92 Å². The van der Waals surface area contributed by atoms with Crippen LogP contribution in [0.4, 0.5) is 0 Å². The second-order valence-corrected chi connectivity index (χ2v) is 10.9. The lowest BCUT2D eigenvalue weighted by molar-refractivity contribution is 1.36. The molecule has 208 valence electrons. The van der Waals surface area contributed by atoms with Gasteiger partial charge in [0.15, 0.2) is 0 Å². The van der Waals surface area contributed by atoms with Crippen molar-refractivity contribution in [2.75, 3.05) is 0 Å². The van der Waals surface area contributed by atoms with Crippen LogP contribution in [0.1, 0.15) is 30.5 Å². The van der Waals surface area contributed by atoms with E-state index in [4.69, 9.17) is 4.99 Å². The van der Waals surface area contributed by atoms with Gasteiger partial charge in [-0.25, -0.2) is 4.99 Å². The van der Waals surface area contributed by atoms with Crippen LogP contribution in [0.2, 0.25) is 0 Å². The number of benzene rings is 6. The van der Waals surface area contributed by atoms with Crippen LogP contribution in [0.25, 0.3) is 48.7 Å². The minimum atomic E-state index is 0.669. The van der Waals surface area contributed by atoms with E-state index in [0.717, 1.165) is 27.8 Å². The Morgan fingerprint density at radius 1 is 0.698 bits per heavy atom. The molecule has 0 aliphatic heterocycles. The number of hydrogen-bond donors (Lipinski definition) is 0. The van der Waals surface area contributed by atoms with Crippen molar-refractivity contribution in [2.24, 2.45) is 4.99 Å². The first-order chi connectivity index (χ1) is 21.0. The number of nitrogens with zero attached hydrogens (tertiary/aromatic N) is 1. The predicted molar refractivity (Wildman–Crippen MR) is 190 cm³/mol. The normalized spacial score (nSPS) is 13.0. The molecule has 0 aliphatic carbocycles. The minimum Gasteiger partial charge on any atom is -0.248 e.